The van der Waals surface area contributed by atoms with E-state index in [1.165, 1.54) is 16.5 Å². The van der Waals surface area contributed by atoms with Gasteiger partial charge in [0.05, 0.1) is 0 Å². The first-order valence-corrected chi connectivity index (χ1v) is 4.32. The fourth-order valence-corrected chi connectivity index (χ4v) is 1.14. The molecule has 0 saturated carbocycles. The summed E-state index contributed by atoms with van der Waals surface area (Å²) in [7, 11) is 6.75. The van der Waals surface area contributed by atoms with Gasteiger partial charge >= 0.3 is 0 Å². The summed E-state index contributed by atoms with van der Waals surface area (Å²) >= 11 is 0. The minimum Gasteiger partial charge on any atom is -0.269 e. The Kier molecular flexibility index (Phi) is 31.3. The van der Waals surface area contributed by atoms with Gasteiger partial charge in [0.1, 0.15) is 0 Å². The first-order chi connectivity index (χ1) is 4.33. The van der Waals surface area contributed by atoms with Crippen molar-refractivity contribution in [3.8, 4) is 0 Å². The van der Waals surface area contributed by atoms with Crippen LogP contribution in [0, 0.1) is 6.92 Å². The highest BCUT2D eigenvalue weighted by Gasteiger charge is 1.87. The van der Waals surface area contributed by atoms with Crippen LogP contribution in [-0.2, 0) is 0 Å². The summed E-state index contributed by atoms with van der Waals surface area (Å²) in [5, 5.41) is 0. The molecule has 0 aliphatic carbocycles. The molecule has 0 fully saturated rings. The monoisotopic (exact) mass is 258 g/mol. The zero-order valence-corrected chi connectivity index (χ0v) is 8.71. The summed E-state index contributed by atoms with van der Waals surface area (Å²) < 4.78 is 0. The molecule has 14 heavy (non-hydrogen) atoms. The van der Waals surface area contributed by atoms with Gasteiger partial charge in [0.2, 0.25) is 0 Å². The van der Waals surface area contributed by atoms with E-state index in [4.69, 9.17) is 10.7 Å². The standard InChI is InChI=1S/C7H7ClS.5FH/c1-6-2-4-7(9-8)5-3-6;;;;;/h2-5H,1H3;5*1H. The second-order valence-corrected chi connectivity index (χ2v) is 2.98. The van der Waals surface area contributed by atoms with E-state index in [1.807, 2.05) is 24.3 Å². The smallest absolute Gasteiger partial charge is 0.0233 e. The molecule has 1 aromatic rings. The van der Waals surface area contributed by atoms with E-state index in [0.717, 1.165) is 4.90 Å². The van der Waals surface area contributed by atoms with Gasteiger partial charge in [-0.1, -0.05) is 17.7 Å². The fourth-order valence-electron chi connectivity index (χ4n) is 0.590. The summed E-state index contributed by atoms with van der Waals surface area (Å²) in [6.45, 7) is 2.06. The molecule has 0 aliphatic rings. The average Bonchev–Trinajstić information content (AvgIpc) is 1.90. The lowest BCUT2D eigenvalue weighted by atomic mass is 10.2. The summed E-state index contributed by atoms with van der Waals surface area (Å²) in [5.41, 5.74) is 1.27. The molecule has 0 bridgehead atoms. The zero-order chi connectivity index (χ0) is 6.69. The minimum atomic E-state index is 0. The highest BCUT2D eigenvalue weighted by atomic mass is 35.7. The molecular weight excluding hydrogens is 247 g/mol. The lowest BCUT2D eigenvalue weighted by Crippen LogP contribution is -1.68. The number of halogens is 6. The predicted molar refractivity (Wildman–Crippen MR) is 55.4 cm³/mol. The van der Waals surface area contributed by atoms with Gasteiger partial charge in [0, 0.05) is 4.90 Å². The molecule has 88 valence electrons. The molecule has 7 heteroatoms. The van der Waals surface area contributed by atoms with Crippen LogP contribution >= 0.6 is 21.7 Å². The number of aryl methyl sites for hydroxylation is 1. The molecule has 0 amide bonds. The highest BCUT2D eigenvalue weighted by molar-refractivity contribution is 8.21. The molecule has 0 atom stereocenters. The van der Waals surface area contributed by atoms with Crippen molar-refractivity contribution in [3.63, 3.8) is 0 Å². The Labute approximate surface area is 87.4 Å². The van der Waals surface area contributed by atoms with Crippen LogP contribution < -0.4 is 0 Å². The van der Waals surface area contributed by atoms with E-state index in [2.05, 4.69) is 6.92 Å². The molecule has 0 unspecified atom stereocenters. The molecule has 0 heterocycles. The second-order valence-electron chi connectivity index (χ2n) is 1.89. The van der Waals surface area contributed by atoms with Gasteiger partial charge in [-0.25, -0.2) is 0 Å². The van der Waals surface area contributed by atoms with E-state index < -0.39 is 0 Å². The number of benzene rings is 1. The number of hydrogen-bond donors (Lipinski definition) is 0. The number of hydrogen-bond acceptors (Lipinski definition) is 1. The molecule has 1 aromatic carbocycles. The molecule has 0 aliphatic heterocycles. The first-order valence-electron chi connectivity index (χ1n) is 2.68. The Morgan fingerprint density at radius 1 is 0.857 bits per heavy atom. The minimum absolute atomic E-state index is 0. The SMILES string of the molecule is Cc1ccc(SCl)cc1.F.F.F.F.F. The van der Waals surface area contributed by atoms with Crippen molar-refractivity contribution in [2.24, 2.45) is 0 Å². The topological polar surface area (TPSA) is 0 Å². The van der Waals surface area contributed by atoms with Crippen LogP contribution in [0.2, 0.25) is 0 Å². The van der Waals surface area contributed by atoms with Crippen LogP contribution in [0.4, 0.5) is 23.5 Å². The molecule has 1 rings (SSSR count). The fraction of sp³-hybridized carbons (Fsp3) is 0.143. The van der Waals surface area contributed by atoms with Crippen LogP contribution in [0.1, 0.15) is 5.56 Å². The largest absolute Gasteiger partial charge is 0.269 e. The maximum atomic E-state index is 5.50. The molecule has 0 spiro atoms. The van der Waals surface area contributed by atoms with Crippen molar-refractivity contribution >= 4 is 21.7 Å². The molecule has 0 aromatic heterocycles. The predicted octanol–water partition coefficient (Wildman–Crippen LogP) is 4.00. The third-order valence-corrected chi connectivity index (χ3v) is 2.09. The Balaban J connectivity index is -0.0000000540. The normalized spacial score (nSPS) is 6.14. The maximum absolute atomic E-state index is 5.50. The van der Waals surface area contributed by atoms with Crippen molar-refractivity contribution in [2.75, 3.05) is 0 Å². The second kappa shape index (κ2) is 15.0. The van der Waals surface area contributed by atoms with Gasteiger partial charge in [-0.15, -0.1) is 0 Å². The van der Waals surface area contributed by atoms with E-state index >= 15 is 0 Å². The zero-order valence-electron chi connectivity index (χ0n) is 7.14. The first kappa shape index (κ1) is 29.2. The van der Waals surface area contributed by atoms with Crippen molar-refractivity contribution in [1.29, 1.82) is 0 Å². The Bertz CT molecular complexity index is 194. The molecule has 0 radical (unpaired) electrons. The van der Waals surface area contributed by atoms with Gasteiger partial charge in [0.25, 0.3) is 0 Å². The van der Waals surface area contributed by atoms with Gasteiger partial charge in [-0.3, -0.25) is 23.5 Å². The summed E-state index contributed by atoms with van der Waals surface area (Å²) in [4.78, 5) is 1.10. The van der Waals surface area contributed by atoms with Crippen LogP contribution in [0.25, 0.3) is 0 Å². The van der Waals surface area contributed by atoms with Crippen molar-refractivity contribution in [2.45, 2.75) is 11.8 Å². The van der Waals surface area contributed by atoms with Crippen LogP contribution in [0.15, 0.2) is 29.2 Å². The van der Waals surface area contributed by atoms with E-state index in [9.17, 15) is 0 Å². The molecule has 0 nitrogen and oxygen atoms in total. The van der Waals surface area contributed by atoms with Crippen molar-refractivity contribution < 1.29 is 23.5 Å². The Morgan fingerprint density at radius 3 is 1.50 bits per heavy atom. The van der Waals surface area contributed by atoms with Crippen molar-refractivity contribution in [1.82, 2.24) is 0 Å². The third kappa shape index (κ3) is 9.60. The van der Waals surface area contributed by atoms with Crippen LogP contribution in [-0.4, -0.2) is 0 Å². The number of rotatable bonds is 1. The van der Waals surface area contributed by atoms with Crippen LogP contribution in [0.3, 0.4) is 0 Å². The lowest BCUT2D eigenvalue weighted by Gasteiger charge is -1.92. The van der Waals surface area contributed by atoms with E-state index in [0.29, 0.717) is 0 Å². The van der Waals surface area contributed by atoms with Gasteiger partial charge in [0.15, 0.2) is 0 Å². The average molecular weight is 259 g/mol. The van der Waals surface area contributed by atoms with Gasteiger partial charge < -0.3 is 0 Å². The Morgan fingerprint density at radius 2 is 1.21 bits per heavy atom. The van der Waals surface area contributed by atoms with Gasteiger partial charge in [-0.2, -0.15) is 0 Å². The lowest BCUT2D eigenvalue weighted by molar-refractivity contribution is 1.11. The quantitative estimate of drug-likeness (QED) is 0.686. The van der Waals surface area contributed by atoms with Crippen molar-refractivity contribution in [3.05, 3.63) is 29.8 Å². The summed E-state index contributed by atoms with van der Waals surface area (Å²) in [6.07, 6.45) is 0. The summed E-state index contributed by atoms with van der Waals surface area (Å²) in [6, 6.07) is 8.11. The molecule has 0 N–H and O–H groups in total. The molecular formula is C7H12ClF5S. The summed E-state index contributed by atoms with van der Waals surface area (Å²) in [5.74, 6) is 0. The Hall–Kier alpha value is -0.490. The van der Waals surface area contributed by atoms with Gasteiger partial charge in [-0.05, 0) is 40.7 Å². The molecule has 0 saturated heterocycles. The maximum Gasteiger partial charge on any atom is 0.0233 e. The third-order valence-electron chi connectivity index (χ3n) is 1.11. The van der Waals surface area contributed by atoms with E-state index in [1.54, 1.807) is 0 Å². The highest BCUT2D eigenvalue weighted by Crippen LogP contribution is 2.21. The van der Waals surface area contributed by atoms with E-state index in [-0.39, 0.29) is 23.5 Å². The van der Waals surface area contributed by atoms with Crippen LogP contribution in [0.5, 0.6) is 0 Å².